The summed E-state index contributed by atoms with van der Waals surface area (Å²) in [7, 11) is 0. The molecule has 0 fully saturated rings. The van der Waals surface area contributed by atoms with E-state index in [0.717, 1.165) is 17.6 Å². The number of halogens is 2. The molecule has 0 radical (unpaired) electrons. The van der Waals surface area contributed by atoms with Crippen LogP contribution < -0.4 is 0 Å². The van der Waals surface area contributed by atoms with Gasteiger partial charge in [-0.1, -0.05) is 42.0 Å². The van der Waals surface area contributed by atoms with Crippen molar-refractivity contribution in [1.29, 1.82) is 0 Å². The van der Waals surface area contributed by atoms with Crippen molar-refractivity contribution in [1.82, 2.24) is 0 Å². The Kier molecular flexibility index (Phi) is 2.71. The van der Waals surface area contributed by atoms with Gasteiger partial charge in [-0.25, -0.2) is 8.78 Å². The van der Waals surface area contributed by atoms with Crippen LogP contribution in [-0.4, -0.2) is 0 Å². The lowest BCUT2D eigenvalue weighted by Gasteiger charge is -2.05. The monoisotopic (exact) mass is 242 g/mol. The smallest absolute Gasteiger partial charge is 0.129 e. The summed E-state index contributed by atoms with van der Waals surface area (Å²) in [5, 5.41) is 0. The molecule has 1 aliphatic carbocycles. The van der Waals surface area contributed by atoms with Gasteiger partial charge in [0.2, 0.25) is 0 Å². The Bertz CT molecular complexity index is 606. The third-order valence-corrected chi connectivity index (χ3v) is 3.30. The highest BCUT2D eigenvalue weighted by Gasteiger charge is 2.15. The van der Waals surface area contributed by atoms with E-state index < -0.39 is 11.6 Å². The average Bonchev–Trinajstić information content (AvgIpc) is 2.76. The fraction of sp³-hybridized carbons (Fsp3) is 0.125. The van der Waals surface area contributed by atoms with Crippen LogP contribution in [0.1, 0.15) is 16.7 Å². The van der Waals surface area contributed by atoms with Crippen molar-refractivity contribution in [3.63, 3.8) is 0 Å². The van der Waals surface area contributed by atoms with E-state index >= 15 is 0 Å². The van der Waals surface area contributed by atoms with Gasteiger partial charge in [0.1, 0.15) is 11.6 Å². The lowest BCUT2D eigenvalue weighted by molar-refractivity contribution is 0.560. The molecule has 0 saturated heterocycles. The molecule has 0 heterocycles. The number of rotatable bonds is 2. The summed E-state index contributed by atoms with van der Waals surface area (Å²) in [6, 6.07) is 12.0. The van der Waals surface area contributed by atoms with Crippen molar-refractivity contribution in [2.75, 3.05) is 0 Å². The van der Waals surface area contributed by atoms with Crippen LogP contribution >= 0.6 is 0 Å². The van der Waals surface area contributed by atoms with Gasteiger partial charge in [0, 0.05) is 5.56 Å². The summed E-state index contributed by atoms with van der Waals surface area (Å²) < 4.78 is 27.1. The van der Waals surface area contributed by atoms with Crippen LogP contribution in [0.4, 0.5) is 8.78 Å². The van der Waals surface area contributed by atoms with E-state index in [4.69, 9.17) is 0 Å². The standard InChI is InChI=1S/C16H12F2/c17-15-6-3-7-16(18)14(15)10-11-8-12-4-1-2-5-13(12)9-11/h1-8H,9-10H2. The third-order valence-electron chi connectivity index (χ3n) is 3.30. The van der Waals surface area contributed by atoms with Crippen molar-refractivity contribution in [3.05, 3.63) is 76.4 Å². The van der Waals surface area contributed by atoms with Crippen molar-refractivity contribution >= 4 is 6.08 Å². The molecule has 2 heteroatoms. The highest BCUT2D eigenvalue weighted by atomic mass is 19.1. The van der Waals surface area contributed by atoms with Gasteiger partial charge in [0.05, 0.1) is 0 Å². The second-order valence-corrected chi connectivity index (χ2v) is 4.56. The Labute approximate surface area is 105 Å². The van der Waals surface area contributed by atoms with Gasteiger partial charge in [-0.15, -0.1) is 0 Å². The normalized spacial score (nSPS) is 13.3. The van der Waals surface area contributed by atoms with Crippen LogP contribution in [0.2, 0.25) is 0 Å². The molecule has 0 spiro atoms. The van der Waals surface area contributed by atoms with Crippen LogP contribution in [0.25, 0.3) is 6.08 Å². The van der Waals surface area contributed by atoms with Crippen LogP contribution in [-0.2, 0) is 12.8 Å². The summed E-state index contributed by atoms with van der Waals surface area (Å²) >= 11 is 0. The minimum absolute atomic E-state index is 0.163. The molecule has 0 N–H and O–H groups in total. The summed E-state index contributed by atoms with van der Waals surface area (Å²) in [6.45, 7) is 0. The van der Waals surface area contributed by atoms with E-state index in [1.807, 2.05) is 24.3 Å². The molecule has 0 aromatic heterocycles. The van der Waals surface area contributed by atoms with E-state index in [9.17, 15) is 8.78 Å². The number of hydrogen-bond acceptors (Lipinski definition) is 0. The highest BCUT2D eigenvalue weighted by Crippen LogP contribution is 2.28. The maximum Gasteiger partial charge on any atom is 0.129 e. The molecule has 2 aromatic carbocycles. The van der Waals surface area contributed by atoms with E-state index in [-0.39, 0.29) is 5.56 Å². The largest absolute Gasteiger partial charge is 0.207 e. The van der Waals surface area contributed by atoms with E-state index in [2.05, 4.69) is 6.07 Å². The molecular weight excluding hydrogens is 230 g/mol. The second-order valence-electron chi connectivity index (χ2n) is 4.56. The third kappa shape index (κ3) is 1.94. The molecule has 90 valence electrons. The topological polar surface area (TPSA) is 0 Å². The average molecular weight is 242 g/mol. The molecule has 0 unspecified atom stereocenters. The summed E-state index contributed by atoms with van der Waals surface area (Å²) in [5.74, 6) is -0.932. The van der Waals surface area contributed by atoms with Crippen molar-refractivity contribution in [2.45, 2.75) is 12.8 Å². The molecular formula is C16H12F2. The van der Waals surface area contributed by atoms with Crippen LogP contribution in [0.3, 0.4) is 0 Å². The second kappa shape index (κ2) is 4.37. The first-order valence-electron chi connectivity index (χ1n) is 5.94. The molecule has 2 aromatic rings. The Balaban J connectivity index is 1.88. The van der Waals surface area contributed by atoms with Crippen molar-refractivity contribution in [3.8, 4) is 0 Å². The zero-order valence-electron chi connectivity index (χ0n) is 9.79. The van der Waals surface area contributed by atoms with Crippen LogP contribution in [0, 0.1) is 11.6 Å². The zero-order valence-corrected chi connectivity index (χ0v) is 9.79. The van der Waals surface area contributed by atoms with Gasteiger partial charge in [-0.05, 0) is 36.1 Å². The molecule has 0 atom stereocenters. The maximum atomic E-state index is 13.6. The first-order valence-corrected chi connectivity index (χ1v) is 5.94. The van der Waals surface area contributed by atoms with Crippen molar-refractivity contribution in [2.24, 2.45) is 0 Å². The molecule has 18 heavy (non-hydrogen) atoms. The van der Waals surface area contributed by atoms with Crippen LogP contribution in [0.15, 0.2) is 48.0 Å². The Morgan fingerprint density at radius 3 is 2.33 bits per heavy atom. The minimum atomic E-state index is -0.466. The molecule has 0 amide bonds. The molecule has 0 bridgehead atoms. The van der Waals surface area contributed by atoms with E-state index in [0.29, 0.717) is 6.42 Å². The first kappa shape index (κ1) is 11.1. The van der Waals surface area contributed by atoms with Gasteiger partial charge in [-0.3, -0.25) is 0 Å². The van der Waals surface area contributed by atoms with Gasteiger partial charge >= 0.3 is 0 Å². The summed E-state index contributed by atoms with van der Waals surface area (Å²) in [4.78, 5) is 0. The van der Waals surface area contributed by atoms with Crippen molar-refractivity contribution < 1.29 is 8.78 Å². The number of fused-ring (bicyclic) bond motifs is 1. The zero-order chi connectivity index (χ0) is 12.5. The molecule has 0 aliphatic heterocycles. The fourth-order valence-corrected chi connectivity index (χ4v) is 2.39. The molecule has 3 rings (SSSR count). The number of hydrogen-bond donors (Lipinski definition) is 0. The van der Waals surface area contributed by atoms with E-state index in [1.165, 1.54) is 23.8 Å². The SMILES string of the molecule is Fc1cccc(F)c1CC1=Cc2ccccc2C1. The number of benzene rings is 2. The van der Waals surface area contributed by atoms with Crippen LogP contribution in [0.5, 0.6) is 0 Å². The highest BCUT2D eigenvalue weighted by molar-refractivity contribution is 5.64. The quantitative estimate of drug-likeness (QED) is 0.742. The fourth-order valence-electron chi connectivity index (χ4n) is 2.39. The first-order chi connectivity index (χ1) is 8.74. The predicted molar refractivity (Wildman–Crippen MR) is 68.2 cm³/mol. The maximum absolute atomic E-state index is 13.6. The summed E-state index contributed by atoms with van der Waals surface area (Å²) in [5.41, 5.74) is 3.60. The molecule has 0 saturated carbocycles. The molecule has 0 nitrogen and oxygen atoms in total. The van der Waals surface area contributed by atoms with E-state index in [1.54, 1.807) is 0 Å². The van der Waals surface area contributed by atoms with Gasteiger partial charge in [-0.2, -0.15) is 0 Å². The minimum Gasteiger partial charge on any atom is -0.207 e. The lowest BCUT2D eigenvalue weighted by Crippen LogP contribution is -1.98. The Morgan fingerprint density at radius 1 is 0.889 bits per heavy atom. The summed E-state index contributed by atoms with van der Waals surface area (Å²) in [6.07, 6.45) is 3.15. The Morgan fingerprint density at radius 2 is 1.61 bits per heavy atom. The molecule has 1 aliphatic rings. The predicted octanol–water partition coefficient (Wildman–Crippen LogP) is 4.15. The van der Waals surface area contributed by atoms with Gasteiger partial charge < -0.3 is 0 Å². The van der Waals surface area contributed by atoms with Gasteiger partial charge in [0.15, 0.2) is 0 Å². The lowest BCUT2D eigenvalue weighted by atomic mass is 10.0. The number of allylic oxidation sites excluding steroid dienone is 1. The Hall–Kier alpha value is -1.96. The van der Waals surface area contributed by atoms with Gasteiger partial charge in [0.25, 0.3) is 0 Å².